The first-order chi connectivity index (χ1) is 7.81. The van der Waals surface area contributed by atoms with E-state index in [2.05, 4.69) is 0 Å². The Morgan fingerprint density at radius 3 is 1.94 bits per heavy atom. The van der Waals surface area contributed by atoms with Crippen molar-refractivity contribution in [1.29, 1.82) is 0 Å². The molecule has 0 aliphatic rings. The lowest BCUT2D eigenvalue weighted by molar-refractivity contribution is -0.136. The van der Waals surface area contributed by atoms with Crippen molar-refractivity contribution in [2.45, 2.75) is 58.4 Å². The average Bonchev–Trinajstić information content (AvgIpc) is 2.16. The molecule has 1 N–H and O–H groups in total. The monoisotopic (exact) mass is 261 g/mol. The fourth-order valence-electron chi connectivity index (χ4n) is 1.78. The molecule has 0 radical (unpaired) electrons. The molecule has 0 fully saturated rings. The van der Waals surface area contributed by atoms with Crippen LogP contribution in [0.5, 0.6) is 0 Å². The van der Waals surface area contributed by atoms with Gasteiger partial charge in [0, 0.05) is 12.1 Å². The van der Waals surface area contributed by atoms with Gasteiger partial charge in [-0.05, 0) is 34.1 Å². The van der Waals surface area contributed by atoms with Crippen LogP contribution in [-0.4, -0.2) is 45.0 Å². The third-order valence-corrected chi connectivity index (χ3v) is 3.81. The van der Waals surface area contributed by atoms with E-state index in [-0.39, 0.29) is 23.7 Å². The highest BCUT2D eigenvalue weighted by atomic mass is 32.2. The number of aliphatic carboxylic acids is 1. The van der Waals surface area contributed by atoms with Gasteiger partial charge in [0.1, 0.15) is 5.25 Å². The molecule has 0 bridgehead atoms. The van der Waals surface area contributed by atoms with Crippen molar-refractivity contribution in [3.05, 3.63) is 0 Å². The van der Waals surface area contributed by atoms with Gasteiger partial charge in [-0.3, -0.25) is 9.59 Å². The Morgan fingerprint density at radius 2 is 1.65 bits per heavy atom. The first-order valence-corrected chi connectivity index (χ1v) is 7.01. The summed E-state index contributed by atoms with van der Waals surface area (Å²) in [5.74, 6) is -0.591. The van der Waals surface area contributed by atoms with Crippen molar-refractivity contribution < 1.29 is 14.7 Å². The van der Waals surface area contributed by atoms with E-state index in [9.17, 15) is 9.59 Å². The molecule has 5 heteroatoms. The summed E-state index contributed by atoms with van der Waals surface area (Å²) >= 11 is 1.21. The van der Waals surface area contributed by atoms with Crippen molar-refractivity contribution >= 4 is 23.6 Å². The molecule has 1 atom stereocenters. The second-order valence-corrected chi connectivity index (χ2v) is 5.73. The summed E-state index contributed by atoms with van der Waals surface area (Å²) in [6.07, 6.45) is 0.538. The SMILES string of the molecule is CCC(SCC(=O)N(C(C)C)C(C)C)C(=O)O. The van der Waals surface area contributed by atoms with Gasteiger partial charge in [0.25, 0.3) is 0 Å². The number of carbonyl (C=O) groups excluding carboxylic acids is 1. The smallest absolute Gasteiger partial charge is 0.316 e. The van der Waals surface area contributed by atoms with Crippen molar-refractivity contribution in [3.8, 4) is 0 Å². The van der Waals surface area contributed by atoms with Crippen LogP contribution >= 0.6 is 11.8 Å². The van der Waals surface area contributed by atoms with Crippen LogP contribution in [0.15, 0.2) is 0 Å². The first kappa shape index (κ1) is 16.3. The predicted octanol–water partition coefficient (Wildman–Crippen LogP) is 2.23. The molecule has 1 unspecified atom stereocenters. The maximum atomic E-state index is 12.0. The predicted molar refractivity (Wildman–Crippen MR) is 71.3 cm³/mol. The number of carboxylic acids is 1. The highest BCUT2D eigenvalue weighted by molar-refractivity contribution is 8.01. The fourth-order valence-corrected chi connectivity index (χ4v) is 2.65. The Bertz CT molecular complexity index is 258. The van der Waals surface area contributed by atoms with Gasteiger partial charge in [-0.1, -0.05) is 6.92 Å². The van der Waals surface area contributed by atoms with Gasteiger partial charge < -0.3 is 10.0 Å². The maximum Gasteiger partial charge on any atom is 0.316 e. The molecule has 100 valence electrons. The van der Waals surface area contributed by atoms with Crippen molar-refractivity contribution in [1.82, 2.24) is 4.90 Å². The number of rotatable bonds is 7. The van der Waals surface area contributed by atoms with E-state index < -0.39 is 11.2 Å². The number of carbonyl (C=O) groups is 2. The summed E-state index contributed by atoms with van der Waals surface area (Å²) in [6.45, 7) is 9.70. The molecule has 0 rings (SSSR count). The molecule has 0 heterocycles. The highest BCUT2D eigenvalue weighted by Crippen LogP contribution is 2.17. The zero-order chi connectivity index (χ0) is 13.6. The van der Waals surface area contributed by atoms with Gasteiger partial charge in [0.05, 0.1) is 5.75 Å². The third kappa shape index (κ3) is 5.44. The molecule has 1 amide bonds. The number of carboxylic acid groups (broad SMARTS) is 1. The lowest BCUT2D eigenvalue weighted by Crippen LogP contribution is -2.43. The van der Waals surface area contributed by atoms with E-state index in [1.807, 2.05) is 34.6 Å². The van der Waals surface area contributed by atoms with Gasteiger partial charge in [-0.25, -0.2) is 0 Å². The van der Waals surface area contributed by atoms with Crippen LogP contribution in [0, 0.1) is 0 Å². The van der Waals surface area contributed by atoms with E-state index in [1.165, 1.54) is 11.8 Å². The van der Waals surface area contributed by atoms with E-state index in [0.717, 1.165) is 0 Å². The number of hydrogen-bond donors (Lipinski definition) is 1. The quantitative estimate of drug-likeness (QED) is 0.763. The Balaban J connectivity index is 4.37. The standard InChI is InChI=1S/C12H23NO3S/c1-6-10(12(15)16)17-7-11(14)13(8(2)3)9(4)5/h8-10H,6-7H2,1-5H3,(H,15,16). The number of hydrogen-bond acceptors (Lipinski definition) is 3. The van der Waals surface area contributed by atoms with Crippen LogP contribution < -0.4 is 0 Å². The zero-order valence-corrected chi connectivity index (χ0v) is 12.1. The number of thioether (sulfide) groups is 1. The molecule has 0 aromatic carbocycles. The number of nitrogens with zero attached hydrogens (tertiary/aromatic N) is 1. The minimum absolute atomic E-state index is 0.0136. The van der Waals surface area contributed by atoms with Crippen molar-refractivity contribution in [2.75, 3.05) is 5.75 Å². The molecule has 4 nitrogen and oxygen atoms in total. The van der Waals surface area contributed by atoms with E-state index in [0.29, 0.717) is 6.42 Å². The van der Waals surface area contributed by atoms with E-state index in [4.69, 9.17) is 5.11 Å². The van der Waals surface area contributed by atoms with Crippen molar-refractivity contribution in [3.63, 3.8) is 0 Å². The minimum atomic E-state index is -0.842. The summed E-state index contributed by atoms with van der Waals surface area (Å²) in [5, 5.41) is 8.41. The van der Waals surface area contributed by atoms with E-state index >= 15 is 0 Å². The summed E-state index contributed by atoms with van der Waals surface area (Å²) < 4.78 is 0. The minimum Gasteiger partial charge on any atom is -0.480 e. The molecule has 0 saturated heterocycles. The normalized spacial score (nSPS) is 12.9. The Morgan fingerprint density at radius 1 is 1.18 bits per heavy atom. The molecular formula is C12H23NO3S. The third-order valence-electron chi connectivity index (χ3n) is 2.45. The van der Waals surface area contributed by atoms with Gasteiger partial charge in [0.15, 0.2) is 0 Å². The van der Waals surface area contributed by atoms with E-state index in [1.54, 1.807) is 4.90 Å². The van der Waals surface area contributed by atoms with Crippen molar-refractivity contribution in [2.24, 2.45) is 0 Å². The lowest BCUT2D eigenvalue weighted by Gasteiger charge is -2.31. The number of amides is 1. The average molecular weight is 261 g/mol. The summed E-state index contributed by atoms with van der Waals surface area (Å²) in [5.41, 5.74) is 0. The van der Waals surface area contributed by atoms with Crippen LogP contribution in [0.25, 0.3) is 0 Å². The highest BCUT2D eigenvalue weighted by Gasteiger charge is 2.23. The van der Waals surface area contributed by atoms with Crippen LogP contribution in [0.2, 0.25) is 0 Å². The van der Waals surface area contributed by atoms with Crippen LogP contribution in [0.4, 0.5) is 0 Å². The zero-order valence-electron chi connectivity index (χ0n) is 11.3. The van der Waals surface area contributed by atoms with Gasteiger partial charge >= 0.3 is 5.97 Å². The van der Waals surface area contributed by atoms with Gasteiger partial charge in [-0.2, -0.15) is 0 Å². The largest absolute Gasteiger partial charge is 0.480 e. The van der Waals surface area contributed by atoms with Gasteiger partial charge in [-0.15, -0.1) is 11.8 Å². The molecule has 0 spiro atoms. The molecule has 0 aliphatic carbocycles. The van der Waals surface area contributed by atoms with Crippen LogP contribution in [0.3, 0.4) is 0 Å². The van der Waals surface area contributed by atoms with Crippen LogP contribution in [0.1, 0.15) is 41.0 Å². The fraction of sp³-hybridized carbons (Fsp3) is 0.833. The Labute approximate surface area is 108 Å². The summed E-state index contributed by atoms with van der Waals surface area (Å²) in [4.78, 5) is 24.6. The molecule has 17 heavy (non-hydrogen) atoms. The summed E-state index contributed by atoms with van der Waals surface area (Å²) in [7, 11) is 0. The Hall–Kier alpha value is -0.710. The lowest BCUT2D eigenvalue weighted by atomic mass is 10.2. The van der Waals surface area contributed by atoms with Crippen LogP contribution in [-0.2, 0) is 9.59 Å². The second kappa shape index (κ2) is 7.58. The first-order valence-electron chi connectivity index (χ1n) is 5.96. The van der Waals surface area contributed by atoms with Gasteiger partial charge in [0.2, 0.25) is 5.91 Å². The molecule has 0 aromatic rings. The Kier molecular flexibility index (Phi) is 7.27. The topological polar surface area (TPSA) is 57.6 Å². The maximum absolute atomic E-state index is 12.0. The second-order valence-electron chi connectivity index (χ2n) is 4.53. The molecule has 0 aromatic heterocycles. The molecule has 0 saturated carbocycles. The summed E-state index contributed by atoms with van der Waals surface area (Å²) in [6, 6.07) is 0.293. The molecule has 0 aliphatic heterocycles. The molecular weight excluding hydrogens is 238 g/mol.